The molecule has 0 aromatic heterocycles. The van der Waals surface area contributed by atoms with Crippen molar-refractivity contribution in [1.82, 2.24) is 10.2 Å². The van der Waals surface area contributed by atoms with E-state index in [-0.39, 0.29) is 7.97 Å². The number of nitrogens with zero attached hydrogens (tertiary/aromatic N) is 1. The molecule has 0 unspecified atom stereocenters. The van der Waals surface area contributed by atoms with Crippen molar-refractivity contribution in [3.63, 3.8) is 0 Å². The topological polar surface area (TPSA) is 78.9 Å². The van der Waals surface area contributed by atoms with Gasteiger partial charge in [-0.05, 0) is 20.8 Å². The zero-order valence-electron chi connectivity index (χ0n) is 11.1. The Morgan fingerprint density at radius 3 is 2.53 bits per heavy atom. The summed E-state index contributed by atoms with van der Waals surface area (Å²) in [6.07, 6.45) is -2.89. The molecule has 8 heteroatoms. The summed E-state index contributed by atoms with van der Waals surface area (Å²) in [6.45, 7) is 3.98. The molecule has 1 heterocycles. The molecule has 1 atom stereocenters. The molecule has 2 N–H and O–H groups in total. The minimum atomic E-state index is -3.14. The zero-order chi connectivity index (χ0) is 14.8. The highest BCUT2D eigenvalue weighted by molar-refractivity contribution is 5.69. The number of carboxylic acid groups (broad SMARTS) is 1. The Balaban J connectivity index is 0.00000361. The van der Waals surface area contributed by atoms with Crippen LogP contribution < -0.4 is 5.32 Å². The number of hydrogen-bond donors (Lipinski definition) is 2. The van der Waals surface area contributed by atoms with Gasteiger partial charge >= 0.3 is 12.2 Å². The largest absolute Gasteiger partial charge is 0.465 e. The number of alkyl halides is 2. The molecule has 1 aliphatic rings. The lowest BCUT2D eigenvalue weighted by Crippen LogP contribution is -2.57. The van der Waals surface area contributed by atoms with Gasteiger partial charge in [-0.15, -0.1) is 0 Å². The number of amides is 2. The van der Waals surface area contributed by atoms with Gasteiger partial charge in [0, 0.05) is 14.4 Å². The van der Waals surface area contributed by atoms with Gasteiger partial charge in [0.2, 0.25) is 0 Å². The lowest BCUT2D eigenvalue weighted by molar-refractivity contribution is -0.0775. The van der Waals surface area contributed by atoms with Gasteiger partial charge in [0.05, 0.1) is 12.6 Å². The number of rotatable bonds is 1. The number of nitrogens with one attached hydrogen (secondary N) is 1. The molecule has 1 aliphatic heterocycles. The molecule has 1 fully saturated rings. The van der Waals surface area contributed by atoms with E-state index >= 15 is 0 Å². The van der Waals surface area contributed by atoms with Gasteiger partial charge in [-0.2, -0.15) is 0 Å². The van der Waals surface area contributed by atoms with Crippen LogP contribution in [0, 0.1) is 0 Å². The van der Waals surface area contributed by atoms with Crippen LogP contribution in [0.3, 0.4) is 0 Å². The van der Waals surface area contributed by atoms with Gasteiger partial charge in [-0.25, -0.2) is 18.4 Å². The average Bonchev–Trinajstić information content (AvgIpc) is 2.10. The number of piperidine rings is 1. The summed E-state index contributed by atoms with van der Waals surface area (Å²) in [6, 6.07) is -1.01. The minimum Gasteiger partial charge on any atom is -0.465 e. The van der Waals surface area contributed by atoms with Crippen molar-refractivity contribution >= 4 is 12.2 Å². The third-order valence-corrected chi connectivity index (χ3v) is 2.39. The third kappa shape index (κ3) is 5.27. The highest BCUT2D eigenvalue weighted by atomic mass is 19.3. The van der Waals surface area contributed by atoms with Gasteiger partial charge in [0.15, 0.2) is 0 Å². The molecule has 0 radical (unpaired) electrons. The van der Waals surface area contributed by atoms with Gasteiger partial charge in [-0.1, -0.05) is 0 Å². The third-order valence-electron chi connectivity index (χ3n) is 2.39. The van der Waals surface area contributed by atoms with Crippen molar-refractivity contribution in [3.05, 3.63) is 0 Å². The van der Waals surface area contributed by atoms with E-state index in [1.807, 2.05) is 5.32 Å². The zero-order valence-corrected chi connectivity index (χ0v) is 11.1. The van der Waals surface area contributed by atoms with Crippen LogP contribution in [-0.2, 0) is 4.74 Å². The first kappa shape index (κ1) is 15.5. The molecule has 0 aromatic rings. The van der Waals surface area contributed by atoms with Crippen LogP contribution in [0.2, 0.25) is 0 Å². The summed E-state index contributed by atoms with van der Waals surface area (Å²) in [5.41, 5.74) is -0.792. The Morgan fingerprint density at radius 2 is 2.05 bits per heavy atom. The number of carbonyl (C=O) groups is 2. The first-order valence-electron chi connectivity index (χ1n) is 5.84. The summed E-state index contributed by atoms with van der Waals surface area (Å²) in [7, 11) is 0. The second-order valence-corrected chi connectivity index (χ2v) is 5.57. The van der Waals surface area contributed by atoms with Crippen LogP contribution in [0.15, 0.2) is 0 Å². The fourth-order valence-corrected chi connectivity index (χ4v) is 1.84. The van der Waals surface area contributed by atoms with Gasteiger partial charge in [-0.3, -0.25) is 0 Å². The van der Waals surface area contributed by atoms with Crippen LogP contribution in [0.5, 0.6) is 0 Å². The predicted molar refractivity (Wildman–Crippen MR) is 64.4 cm³/mol. The SMILES string of the molecule is CC(C)(C)OC(=O)N1C[C@H](NC(=O)O)CC(F)(F)C1.[HH]. The number of likely N-dealkylation sites (tertiary alicyclic amines) is 1. The van der Waals surface area contributed by atoms with E-state index in [9.17, 15) is 18.4 Å². The summed E-state index contributed by atoms with van der Waals surface area (Å²) in [4.78, 5) is 23.0. The van der Waals surface area contributed by atoms with Gasteiger partial charge < -0.3 is 20.1 Å². The molecular formula is C11H20F2N2O4. The summed E-state index contributed by atoms with van der Waals surface area (Å²) < 4.78 is 31.9. The van der Waals surface area contributed by atoms with Crippen molar-refractivity contribution in [2.24, 2.45) is 0 Å². The highest BCUT2D eigenvalue weighted by Gasteiger charge is 2.43. The first-order valence-corrected chi connectivity index (χ1v) is 5.84. The molecule has 0 saturated carbocycles. The Kier molecular flexibility index (Phi) is 4.21. The van der Waals surface area contributed by atoms with E-state index < -0.39 is 42.7 Å². The Bertz CT molecular complexity index is 374. The lowest BCUT2D eigenvalue weighted by Gasteiger charge is -2.37. The minimum absolute atomic E-state index is 0. The molecule has 6 nitrogen and oxygen atoms in total. The Labute approximate surface area is 111 Å². The second kappa shape index (κ2) is 5.18. The number of carbonyl (C=O) groups excluding carboxylic acids is 1. The van der Waals surface area contributed by atoms with Crippen LogP contribution in [0.25, 0.3) is 0 Å². The monoisotopic (exact) mass is 282 g/mol. The number of hydrogen-bond acceptors (Lipinski definition) is 3. The molecule has 0 aromatic carbocycles. The molecule has 1 rings (SSSR count). The first-order chi connectivity index (χ1) is 8.48. The van der Waals surface area contributed by atoms with Crippen LogP contribution >= 0.6 is 0 Å². The van der Waals surface area contributed by atoms with E-state index in [4.69, 9.17) is 9.84 Å². The summed E-state index contributed by atoms with van der Waals surface area (Å²) in [5.74, 6) is -3.14. The van der Waals surface area contributed by atoms with Gasteiger partial charge in [0.1, 0.15) is 5.60 Å². The van der Waals surface area contributed by atoms with E-state index in [1.165, 1.54) is 0 Å². The summed E-state index contributed by atoms with van der Waals surface area (Å²) in [5, 5.41) is 10.5. The van der Waals surface area contributed by atoms with Crippen molar-refractivity contribution < 1.29 is 29.6 Å². The predicted octanol–water partition coefficient (Wildman–Crippen LogP) is 2.14. The van der Waals surface area contributed by atoms with Crippen molar-refractivity contribution in [2.45, 2.75) is 44.8 Å². The molecule has 0 spiro atoms. The second-order valence-electron chi connectivity index (χ2n) is 5.57. The average molecular weight is 282 g/mol. The molecule has 2 amide bonds. The molecule has 19 heavy (non-hydrogen) atoms. The van der Waals surface area contributed by atoms with Crippen molar-refractivity contribution in [2.75, 3.05) is 13.1 Å². The van der Waals surface area contributed by atoms with E-state index in [0.717, 1.165) is 4.90 Å². The standard InChI is InChI=1S/C11H18F2N2O4.H2/c1-10(2,3)19-9(18)15-5-7(14-8(16)17)4-11(12,13)6-15;/h7,14H,4-6H2,1-3H3,(H,16,17);1H/t7-;/m1./s1. The van der Waals surface area contributed by atoms with Crippen LogP contribution in [0.1, 0.15) is 28.6 Å². The van der Waals surface area contributed by atoms with E-state index in [0.29, 0.717) is 0 Å². The van der Waals surface area contributed by atoms with E-state index in [1.54, 1.807) is 20.8 Å². The quantitative estimate of drug-likeness (QED) is 0.772. The Morgan fingerprint density at radius 1 is 1.47 bits per heavy atom. The molecular weight excluding hydrogens is 262 g/mol. The fraction of sp³-hybridized carbons (Fsp3) is 0.818. The normalized spacial score (nSPS) is 22.8. The lowest BCUT2D eigenvalue weighted by atomic mass is 10.0. The molecule has 112 valence electrons. The smallest absolute Gasteiger partial charge is 0.410 e. The van der Waals surface area contributed by atoms with Crippen molar-refractivity contribution in [3.8, 4) is 0 Å². The van der Waals surface area contributed by atoms with Crippen LogP contribution in [-0.4, -0.2) is 52.8 Å². The maximum absolute atomic E-state index is 13.5. The fourth-order valence-electron chi connectivity index (χ4n) is 1.84. The molecule has 0 bridgehead atoms. The molecule has 1 saturated heterocycles. The summed E-state index contributed by atoms with van der Waals surface area (Å²) >= 11 is 0. The maximum Gasteiger partial charge on any atom is 0.410 e. The highest BCUT2D eigenvalue weighted by Crippen LogP contribution is 2.28. The number of halogens is 2. The Hall–Kier alpha value is -1.60. The number of ether oxygens (including phenoxy) is 1. The van der Waals surface area contributed by atoms with Gasteiger partial charge in [0.25, 0.3) is 5.92 Å². The van der Waals surface area contributed by atoms with E-state index in [2.05, 4.69) is 0 Å². The van der Waals surface area contributed by atoms with Crippen molar-refractivity contribution in [1.29, 1.82) is 0 Å². The molecule has 0 aliphatic carbocycles. The maximum atomic E-state index is 13.5. The van der Waals surface area contributed by atoms with Crippen LogP contribution in [0.4, 0.5) is 18.4 Å².